The molecule has 30 heavy (non-hydrogen) atoms. The molecule has 3 aromatic rings. The van der Waals surface area contributed by atoms with Gasteiger partial charge in [-0.05, 0) is 37.0 Å². The van der Waals surface area contributed by atoms with E-state index in [4.69, 9.17) is 0 Å². The molecule has 2 heterocycles. The average Bonchev–Trinajstić information content (AvgIpc) is 2.88. The summed E-state index contributed by atoms with van der Waals surface area (Å²) in [6.45, 7) is 1.84. The number of rotatable bonds is 3. The summed E-state index contributed by atoms with van der Waals surface area (Å²) >= 11 is 0. The summed E-state index contributed by atoms with van der Waals surface area (Å²) in [5, 5.41) is 5.03. The Morgan fingerprint density at radius 2 is 1.97 bits per heavy atom. The number of amides is 2. The number of carbonyl (C=O) groups excluding carboxylic acids is 2. The third-order valence-corrected chi connectivity index (χ3v) is 4.93. The molecule has 0 aliphatic carbocycles. The maximum absolute atomic E-state index is 14.0. The zero-order valence-electron chi connectivity index (χ0n) is 16.1. The van der Waals surface area contributed by atoms with Crippen LogP contribution in [0.5, 0.6) is 0 Å². The van der Waals surface area contributed by atoms with Gasteiger partial charge in [0.15, 0.2) is 0 Å². The lowest BCUT2D eigenvalue weighted by atomic mass is 10.1. The maximum Gasteiger partial charge on any atom is 0.289 e. The first-order chi connectivity index (χ1) is 14.4. The van der Waals surface area contributed by atoms with Gasteiger partial charge < -0.3 is 10.6 Å². The second kappa shape index (κ2) is 7.98. The van der Waals surface area contributed by atoms with Gasteiger partial charge in [-0.2, -0.15) is 0 Å². The number of halogens is 2. The van der Waals surface area contributed by atoms with Crippen molar-refractivity contribution in [1.29, 1.82) is 0 Å². The monoisotopic (exact) mass is 408 g/mol. The second-order valence-corrected chi connectivity index (χ2v) is 7.07. The highest BCUT2D eigenvalue weighted by Crippen LogP contribution is 2.26. The van der Waals surface area contributed by atoms with Gasteiger partial charge in [0.1, 0.15) is 17.7 Å². The smallest absolute Gasteiger partial charge is 0.289 e. The topological polar surface area (TPSA) is 84.0 Å². The number of hydrogen-bond donors (Lipinski definition) is 2. The predicted molar refractivity (Wildman–Crippen MR) is 107 cm³/mol. The van der Waals surface area contributed by atoms with Crippen LogP contribution < -0.4 is 10.6 Å². The number of hydrogen-bond acceptors (Lipinski definition) is 4. The Hall–Kier alpha value is -3.68. The van der Waals surface area contributed by atoms with Gasteiger partial charge >= 0.3 is 0 Å². The summed E-state index contributed by atoms with van der Waals surface area (Å²) in [5.41, 5.74) is 2.54. The molecule has 1 unspecified atom stereocenters. The molecule has 1 aliphatic rings. The number of benzene rings is 2. The molecule has 1 aromatic heterocycles. The summed E-state index contributed by atoms with van der Waals surface area (Å²) in [4.78, 5) is 33.6. The van der Waals surface area contributed by atoms with Crippen LogP contribution >= 0.6 is 0 Å². The molecule has 1 atom stereocenters. The Kier molecular flexibility index (Phi) is 5.22. The quantitative estimate of drug-likeness (QED) is 0.696. The normalized spacial score (nSPS) is 15.7. The average molecular weight is 408 g/mol. The minimum atomic E-state index is -0.933. The van der Waals surface area contributed by atoms with Gasteiger partial charge in [0.25, 0.3) is 5.91 Å². The van der Waals surface area contributed by atoms with Crippen molar-refractivity contribution >= 4 is 17.5 Å². The van der Waals surface area contributed by atoms with Gasteiger partial charge in [-0.15, -0.1) is 0 Å². The summed E-state index contributed by atoms with van der Waals surface area (Å²) in [6, 6.07) is 10.3. The van der Waals surface area contributed by atoms with Crippen LogP contribution in [0.3, 0.4) is 0 Å². The number of fused-ring (bicyclic) bond motifs is 1. The fourth-order valence-corrected chi connectivity index (χ4v) is 3.41. The van der Waals surface area contributed by atoms with Crippen LogP contribution in [0.4, 0.5) is 14.5 Å². The van der Waals surface area contributed by atoms with E-state index in [1.54, 1.807) is 6.20 Å². The Morgan fingerprint density at radius 1 is 1.20 bits per heavy atom. The van der Waals surface area contributed by atoms with Gasteiger partial charge in [0.2, 0.25) is 11.7 Å². The fourth-order valence-electron chi connectivity index (χ4n) is 3.41. The van der Waals surface area contributed by atoms with E-state index in [1.165, 1.54) is 6.07 Å². The van der Waals surface area contributed by atoms with E-state index in [1.807, 2.05) is 37.3 Å². The van der Waals surface area contributed by atoms with Crippen molar-refractivity contribution in [3.8, 4) is 11.3 Å². The van der Waals surface area contributed by atoms with Crippen LogP contribution in [0.2, 0.25) is 0 Å². The van der Waals surface area contributed by atoms with Gasteiger partial charge in [0, 0.05) is 17.8 Å². The van der Waals surface area contributed by atoms with Crippen LogP contribution in [-0.4, -0.2) is 27.8 Å². The number of anilines is 1. The second-order valence-electron chi connectivity index (χ2n) is 7.07. The lowest BCUT2D eigenvalue weighted by molar-refractivity contribution is -0.118. The maximum atomic E-state index is 14.0. The van der Waals surface area contributed by atoms with Crippen molar-refractivity contribution < 1.29 is 18.4 Å². The van der Waals surface area contributed by atoms with Crippen LogP contribution in [0.15, 0.2) is 48.7 Å². The van der Waals surface area contributed by atoms with Crippen molar-refractivity contribution in [2.24, 2.45) is 0 Å². The van der Waals surface area contributed by atoms with Gasteiger partial charge in [-0.1, -0.05) is 30.3 Å². The SMILES string of the molecule is Cc1cnc(C(=O)NC2CCc3cc(F)cc(F)c3NC2=O)nc1-c1ccccc1. The zero-order chi connectivity index (χ0) is 21.3. The van der Waals surface area contributed by atoms with Crippen molar-refractivity contribution in [3.63, 3.8) is 0 Å². The van der Waals surface area contributed by atoms with E-state index in [-0.39, 0.29) is 24.4 Å². The Labute approximate surface area is 171 Å². The van der Waals surface area contributed by atoms with Gasteiger partial charge in [0.05, 0.1) is 11.4 Å². The number of aromatic nitrogens is 2. The first-order valence-corrected chi connectivity index (χ1v) is 9.41. The highest BCUT2D eigenvalue weighted by molar-refractivity contribution is 6.01. The molecule has 0 bridgehead atoms. The number of carbonyl (C=O) groups is 2. The summed E-state index contributed by atoms with van der Waals surface area (Å²) in [6.07, 6.45) is 1.95. The molecule has 0 spiro atoms. The minimum Gasteiger partial charge on any atom is -0.337 e. The number of nitrogens with one attached hydrogen (secondary N) is 2. The Bertz CT molecular complexity index is 1140. The molecule has 0 fully saturated rings. The van der Waals surface area contributed by atoms with Gasteiger partial charge in [-0.3, -0.25) is 9.59 Å². The van der Waals surface area contributed by atoms with Crippen LogP contribution in [0.25, 0.3) is 11.3 Å². The van der Waals surface area contributed by atoms with E-state index in [0.29, 0.717) is 17.3 Å². The third-order valence-electron chi connectivity index (χ3n) is 4.93. The molecule has 152 valence electrons. The fraction of sp³-hybridized carbons (Fsp3) is 0.182. The van der Waals surface area contributed by atoms with E-state index in [9.17, 15) is 18.4 Å². The van der Waals surface area contributed by atoms with E-state index >= 15 is 0 Å². The van der Waals surface area contributed by atoms with Crippen LogP contribution in [0.1, 0.15) is 28.2 Å². The highest BCUT2D eigenvalue weighted by Gasteiger charge is 2.28. The predicted octanol–water partition coefficient (Wildman–Crippen LogP) is 3.41. The molecule has 2 N–H and O–H groups in total. The standard InChI is InChI=1S/C22H18F2N4O2/c1-12-11-25-20(27-18(12)13-5-3-2-4-6-13)22(30)26-17-8-7-14-9-15(23)10-16(24)19(14)28-21(17)29/h2-6,9-11,17H,7-8H2,1H3,(H,26,30)(H,28,29). The lowest BCUT2D eigenvalue weighted by Gasteiger charge is -2.15. The van der Waals surface area contributed by atoms with Crippen molar-refractivity contribution in [1.82, 2.24) is 15.3 Å². The molecule has 2 aromatic carbocycles. The zero-order valence-corrected chi connectivity index (χ0v) is 16.1. The van der Waals surface area contributed by atoms with E-state index in [0.717, 1.165) is 11.1 Å². The highest BCUT2D eigenvalue weighted by atomic mass is 19.1. The molecule has 4 rings (SSSR count). The summed E-state index contributed by atoms with van der Waals surface area (Å²) < 4.78 is 27.5. The van der Waals surface area contributed by atoms with Gasteiger partial charge in [-0.25, -0.2) is 18.7 Å². The van der Waals surface area contributed by atoms with Crippen LogP contribution in [-0.2, 0) is 11.2 Å². The van der Waals surface area contributed by atoms with Crippen LogP contribution in [0, 0.1) is 18.6 Å². The third kappa shape index (κ3) is 3.89. The van der Waals surface area contributed by atoms with E-state index < -0.39 is 29.5 Å². The number of nitrogens with zero attached hydrogens (tertiary/aromatic N) is 2. The van der Waals surface area contributed by atoms with E-state index in [2.05, 4.69) is 20.6 Å². The summed E-state index contributed by atoms with van der Waals surface area (Å²) in [7, 11) is 0. The Morgan fingerprint density at radius 3 is 2.73 bits per heavy atom. The van der Waals surface area contributed by atoms with Crippen molar-refractivity contribution in [2.75, 3.05) is 5.32 Å². The lowest BCUT2D eigenvalue weighted by Crippen LogP contribution is -2.43. The molecule has 2 amide bonds. The molecule has 6 nitrogen and oxygen atoms in total. The first-order valence-electron chi connectivity index (χ1n) is 9.41. The molecular weight excluding hydrogens is 390 g/mol. The largest absolute Gasteiger partial charge is 0.337 e. The van der Waals surface area contributed by atoms with Crippen molar-refractivity contribution in [3.05, 3.63) is 77.2 Å². The molecular formula is C22H18F2N4O2. The first kappa shape index (κ1) is 19.6. The minimum absolute atomic E-state index is 0.0592. The molecule has 8 heteroatoms. The molecule has 0 saturated carbocycles. The number of aryl methyl sites for hydroxylation is 2. The Balaban J connectivity index is 1.55. The molecule has 0 radical (unpaired) electrons. The summed E-state index contributed by atoms with van der Waals surface area (Å²) in [5.74, 6) is -2.84. The molecule has 1 aliphatic heterocycles. The molecule has 0 saturated heterocycles. The van der Waals surface area contributed by atoms with Crippen molar-refractivity contribution in [2.45, 2.75) is 25.8 Å².